The summed E-state index contributed by atoms with van der Waals surface area (Å²) in [6.45, 7) is 1.22. The van der Waals surface area contributed by atoms with E-state index in [2.05, 4.69) is 0 Å². The molecule has 0 saturated carbocycles. The number of aliphatic hydroxyl groups excluding tert-OH is 1. The van der Waals surface area contributed by atoms with E-state index < -0.39 is 0 Å². The molecule has 0 bridgehead atoms. The van der Waals surface area contributed by atoms with E-state index in [1.807, 2.05) is 0 Å². The number of hydrogen-bond donors (Lipinski definition) is 3. The van der Waals surface area contributed by atoms with Crippen molar-refractivity contribution in [3.63, 3.8) is 0 Å². The van der Waals surface area contributed by atoms with Gasteiger partial charge >= 0.3 is 0 Å². The minimum atomic E-state index is -0.359. The highest BCUT2D eigenvalue weighted by Gasteiger charge is 2.26. The predicted molar refractivity (Wildman–Crippen MR) is 65.5 cm³/mol. The van der Waals surface area contributed by atoms with E-state index in [9.17, 15) is 15.0 Å². The number of rotatable bonds is 2. The topological polar surface area (TPSA) is 81.0 Å². The summed E-state index contributed by atoms with van der Waals surface area (Å²) in [6.07, 6.45) is 1.49. The maximum Gasteiger partial charge on any atom is 0.261 e. The maximum atomic E-state index is 12.2. The SMILES string of the molecule is O=C(c1c(O)cccc1O)N1CCC(CO)CC1. The molecule has 1 saturated heterocycles. The van der Waals surface area contributed by atoms with Crippen molar-refractivity contribution in [2.24, 2.45) is 5.92 Å². The van der Waals surface area contributed by atoms with Crippen LogP contribution in [0.3, 0.4) is 0 Å². The molecule has 1 amide bonds. The van der Waals surface area contributed by atoms with Crippen LogP contribution in [0.25, 0.3) is 0 Å². The molecule has 2 rings (SSSR count). The minimum Gasteiger partial charge on any atom is -0.507 e. The van der Waals surface area contributed by atoms with Crippen molar-refractivity contribution in [3.05, 3.63) is 23.8 Å². The molecule has 0 aromatic heterocycles. The van der Waals surface area contributed by atoms with Gasteiger partial charge in [-0.25, -0.2) is 0 Å². The van der Waals surface area contributed by atoms with Crippen LogP contribution in [-0.4, -0.2) is 45.8 Å². The zero-order valence-electron chi connectivity index (χ0n) is 10.0. The summed E-state index contributed by atoms with van der Waals surface area (Å²) in [4.78, 5) is 13.8. The van der Waals surface area contributed by atoms with E-state index in [-0.39, 0.29) is 35.5 Å². The molecule has 1 fully saturated rings. The number of carbonyl (C=O) groups is 1. The van der Waals surface area contributed by atoms with Crippen LogP contribution >= 0.6 is 0 Å². The largest absolute Gasteiger partial charge is 0.507 e. The Labute approximate surface area is 105 Å². The number of nitrogens with zero attached hydrogens (tertiary/aromatic N) is 1. The average molecular weight is 251 g/mol. The van der Waals surface area contributed by atoms with Crippen molar-refractivity contribution in [2.75, 3.05) is 19.7 Å². The van der Waals surface area contributed by atoms with Crippen molar-refractivity contribution >= 4 is 5.91 Å². The van der Waals surface area contributed by atoms with Gasteiger partial charge in [-0.2, -0.15) is 0 Å². The number of hydrogen-bond acceptors (Lipinski definition) is 4. The maximum absolute atomic E-state index is 12.2. The van der Waals surface area contributed by atoms with E-state index in [0.29, 0.717) is 13.1 Å². The molecular weight excluding hydrogens is 234 g/mol. The van der Waals surface area contributed by atoms with Crippen LogP contribution in [0.1, 0.15) is 23.2 Å². The summed E-state index contributed by atoms with van der Waals surface area (Å²) < 4.78 is 0. The molecule has 0 atom stereocenters. The van der Waals surface area contributed by atoms with Crippen molar-refractivity contribution in [1.82, 2.24) is 4.90 Å². The Morgan fingerprint density at radius 3 is 2.28 bits per heavy atom. The molecule has 0 spiro atoms. The molecule has 0 unspecified atom stereocenters. The van der Waals surface area contributed by atoms with Crippen LogP contribution in [0.15, 0.2) is 18.2 Å². The van der Waals surface area contributed by atoms with Crippen LogP contribution < -0.4 is 0 Å². The van der Waals surface area contributed by atoms with Gasteiger partial charge in [0.05, 0.1) is 0 Å². The van der Waals surface area contributed by atoms with Crippen molar-refractivity contribution in [2.45, 2.75) is 12.8 Å². The third-order valence-corrected chi connectivity index (χ3v) is 3.39. The molecule has 1 aliphatic rings. The van der Waals surface area contributed by atoms with Gasteiger partial charge in [-0.3, -0.25) is 4.79 Å². The first-order valence-electron chi connectivity index (χ1n) is 6.04. The van der Waals surface area contributed by atoms with Crippen molar-refractivity contribution in [3.8, 4) is 11.5 Å². The lowest BCUT2D eigenvalue weighted by Crippen LogP contribution is -2.39. The van der Waals surface area contributed by atoms with E-state index in [1.165, 1.54) is 18.2 Å². The number of aliphatic hydroxyl groups is 1. The molecular formula is C13H17NO4. The molecule has 18 heavy (non-hydrogen) atoms. The molecule has 1 aliphatic heterocycles. The summed E-state index contributed by atoms with van der Waals surface area (Å²) in [5.74, 6) is -0.525. The van der Waals surface area contributed by atoms with Crippen LogP contribution in [0.5, 0.6) is 11.5 Å². The fraction of sp³-hybridized carbons (Fsp3) is 0.462. The van der Waals surface area contributed by atoms with E-state index in [4.69, 9.17) is 5.11 Å². The summed E-state index contributed by atoms with van der Waals surface area (Å²) in [5.41, 5.74) is -0.0417. The van der Waals surface area contributed by atoms with Gasteiger partial charge in [0.2, 0.25) is 0 Å². The Bertz CT molecular complexity index is 418. The molecule has 1 heterocycles. The van der Waals surface area contributed by atoms with Gasteiger partial charge in [-0.05, 0) is 30.9 Å². The molecule has 5 nitrogen and oxygen atoms in total. The lowest BCUT2D eigenvalue weighted by atomic mass is 9.97. The fourth-order valence-electron chi connectivity index (χ4n) is 2.22. The summed E-state index contributed by atoms with van der Waals surface area (Å²) in [6, 6.07) is 4.25. The number of phenolic OH excluding ortho intramolecular Hbond substituents is 2. The number of amides is 1. The molecule has 1 aromatic carbocycles. The average Bonchev–Trinajstić information content (AvgIpc) is 2.38. The molecule has 98 valence electrons. The third kappa shape index (κ3) is 2.41. The predicted octanol–water partition coefficient (Wildman–Crippen LogP) is 0.942. The number of carbonyl (C=O) groups excluding carboxylic acids is 1. The number of benzene rings is 1. The zero-order valence-corrected chi connectivity index (χ0v) is 10.0. The van der Waals surface area contributed by atoms with Crippen LogP contribution in [0.2, 0.25) is 0 Å². The van der Waals surface area contributed by atoms with Crippen molar-refractivity contribution < 1.29 is 20.1 Å². The van der Waals surface area contributed by atoms with Crippen LogP contribution in [-0.2, 0) is 0 Å². The molecule has 5 heteroatoms. The molecule has 1 aromatic rings. The number of piperidine rings is 1. The normalized spacial score (nSPS) is 16.8. The zero-order chi connectivity index (χ0) is 13.1. The van der Waals surface area contributed by atoms with Gasteiger partial charge < -0.3 is 20.2 Å². The highest BCUT2D eigenvalue weighted by molar-refractivity contribution is 5.99. The Hall–Kier alpha value is -1.75. The van der Waals surface area contributed by atoms with Gasteiger partial charge in [-0.1, -0.05) is 6.07 Å². The highest BCUT2D eigenvalue weighted by Crippen LogP contribution is 2.29. The lowest BCUT2D eigenvalue weighted by molar-refractivity contribution is 0.0645. The van der Waals surface area contributed by atoms with Gasteiger partial charge in [-0.15, -0.1) is 0 Å². The first kappa shape index (κ1) is 12.7. The van der Waals surface area contributed by atoms with E-state index >= 15 is 0 Å². The first-order chi connectivity index (χ1) is 8.63. The fourth-order valence-corrected chi connectivity index (χ4v) is 2.22. The third-order valence-electron chi connectivity index (χ3n) is 3.39. The number of likely N-dealkylation sites (tertiary alicyclic amines) is 1. The Balaban J connectivity index is 2.13. The first-order valence-corrected chi connectivity index (χ1v) is 6.04. The second-order valence-corrected chi connectivity index (χ2v) is 4.59. The van der Waals surface area contributed by atoms with Gasteiger partial charge in [0.25, 0.3) is 5.91 Å². The summed E-state index contributed by atoms with van der Waals surface area (Å²) >= 11 is 0. The summed E-state index contributed by atoms with van der Waals surface area (Å²) in [5, 5.41) is 28.3. The quantitative estimate of drug-likeness (QED) is 0.730. The van der Waals surface area contributed by atoms with E-state index in [0.717, 1.165) is 12.8 Å². The van der Waals surface area contributed by atoms with Gasteiger partial charge in [0.1, 0.15) is 17.1 Å². The van der Waals surface area contributed by atoms with E-state index in [1.54, 1.807) is 4.90 Å². The minimum absolute atomic E-state index is 0.0417. The number of aromatic hydroxyl groups is 2. The lowest BCUT2D eigenvalue weighted by Gasteiger charge is -2.31. The summed E-state index contributed by atoms with van der Waals surface area (Å²) in [7, 11) is 0. The monoisotopic (exact) mass is 251 g/mol. The highest BCUT2D eigenvalue weighted by atomic mass is 16.3. The molecule has 0 aliphatic carbocycles. The second kappa shape index (κ2) is 5.27. The van der Waals surface area contributed by atoms with Crippen LogP contribution in [0.4, 0.5) is 0 Å². The van der Waals surface area contributed by atoms with Crippen molar-refractivity contribution in [1.29, 1.82) is 0 Å². The van der Waals surface area contributed by atoms with Gasteiger partial charge in [0.15, 0.2) is 0 Å². The Kier molecular flexibility index (Phi) is 3.72. The van der Waals surface area contributed by atoms with Gasteiger partial charge in [0, 0.05) is 19.7 Å². The molecule has 3 N–H and O–H groups in total. The Morgan fingerprint density at radius 2 is 1.78 bits per heavy atom. The molecule has 0 radical (unpaired) electrons. The number of phenols is 2. The Morgan fingerprint density at radius 1 is 1.22 bits per heavy atom. The second-order valence-electron chi connectivity index (χ2n) is 4.59. The smallest absolute Gasteiger partial charge is 0.261 e. The van der Waals surface area contributed by atoms with Crippen LogP contribution in [0, 0.1) is 5.92 Å². The standard InChI is InChI=1S/C13H17NO4/c15-8-9-4-6-14(7-5-9)13(18)12-10(16)2-1-3-11(12)17/h1-3,9,15-17H,4-8H2.